The van der Waals surface area contributed by atoms with Crippen LogP contribution in [-0.2, 0) is 4.79 Å². The van der Waals surface area contributed by atoms with Crippen molar-refractivity contribution in [3.8, 4) is 17.1 Å². The Hall–Kier alpha value is -2.38. The van der Waals surface area contributed by atoms with Crippen LogP contribution in [0.2, 0.25) is 5.02 Å². The van der Waals surface area contributed by atoms with Gasteiger partial charge in [-0.3, -0.25) is 9.36 Å². The van der Waals surface area contributed by atoms with E-state index in [1.54, 1.807) is 39.8 Å². The van der Waals surface area contributed by atoms with Crippen molar-refractivity contribution in [3.63, 3.8) is 0 Å². The topological polar surface area (TPSA) is 51.0 Å². The second-order valence-corrected chi connectivity index (χ2v) is 7.28. The van der Waals surface area contributed by atoms with Crippen LogP contribution in [0.25, 0.3) is 17.1 Å². The fraction of sp³-hybridized carbons (Fsp3) is 0.250. The van der Waals surface area contributed by atoms with Gasteiger partial charge in [0.15, 0.2) is 11.0 Å². The van der Waals surface area contributed by atoms with Crippen LogP contribution in [0, 0.1) is 5.82 Å². The highest BCUT2D eigenvalue weighted by Crippen LogP contribution is 2.32. The van der Waals surface area contributed by atoms with Crippen LogP contribution in [0.5, 0.6) is 0 Å². The lowest BCUT2D eigenvalue weighted by molar-refractivity contribution is -0.127. The zero-order valence-corrected chi connectivity index (χ0v) is 17.2. The minimum atomic E-state index is -0.410. The normalized spacial score (nSPS) is 10.9. The van der Waals surface area contributed by atoms with E-state index in [4.69, 9.17) is 11.6 Å². The van der Waals surface area contributed by atoms with Crippen molar-refractivity contribution in [3.05, 3.63) is 59.4 Å². The molecular formula is C20H20ClFN4OS. The van der Waals surface area contributed by atoms with E-state index >= 15 is 0 Å². The Morgan fingerprint density at radius 3 is 2.46 bits per heavy atom. The molecule has 0 aliphatic carbocycles. The Kier molecular flexibility index (Phi) is 6.70. The van der Waals surface area contributed by atoms with Crippen LogP contribution < -0.4 is 0 Å². The minimum absolute atomic E-state index is 0.00243. The summed E-state index contributed by atoms with van der Waals surface area (Å²) in [5, 5.41) is 9.38. The third-order valence-electron chi connectivity index (χ3n) is 4.28. The molecule has 0 saturated carbocycles. The summed E-state index contributed by atoms with van der Waals surface area (Å²) in [6.45, 7) is 5.15. The number of hydrogen-bond donors (Lipinski definition) is 0. The Morgan fingerprint density at radius 1 is 1.11 bits per heavy atom. The summed E-state index contributed by atoms with van der Waals surface area (Å²) in [7, 11) is 0. The molecule has 0 saturated heterocycles. The van der Waals surface area contributed by atoms with Gasteiger partial charge >= 0.3 is 0 Å². The fourth-order valence-corrected chi connectivity index (χ4v) is 3.89. The maximum absolute atomic E-state index is 14.6. The molecule has 0 aliphatic rings. The van der Waals surface area contributed by atoms with Crippen LogP contribution >= 0.6 is 23.4 Å². The predicted molar refractivity (Wildman–Crippen MR) is 110 cm³/mol. The second-order valence-electron chi connectivity index (χ2n) is 5.93. The van der Waals surface area contributed by atoms with E-state index in [9.17, 15) is 9.18 Å². The highest BCUT2D eigenvalue weighted by molar-refractivity contribution is 7.99. The van der Waals surface area contributed by atoms with E-state index in [1.807, 2.05) is 26.0 Å². The van der Waals surface area contributed by atoms with Crippen LogP contribution in [0.4, 0.5) is 4.39 Å². The molecular weight excluding hydrogens is 399 g/mol. The molecule has 5 nitrogen and oxygen atoms in total. The Morgan fingerprint density at radius 2 is 1.79 bits per heavy atom. The Labute approximate surface area is 172 Å². The summed E-state index contributed by atoms with van der Waals surface area (Å²) in [5.74, 6) is 0.204. The second kappa shape index (κ2) is 9.21. The van der Waals surface area contributed by atoms with Crippen LogP contribution in [-0.4, -0.2) is 44.4 Å². The highest BCUT2D eigenvalue weighted by atomic mass is 35.5. The van der Waals surface area contributed by atoms with Gasteiger partial charge in [-0.1, -0.05) is 47.6 Å². The number of carbonyl (C=O) groups is 1. The first-order chi connectivity index (χ1) is 13.6. The van der Waals surface area contributed by atoms with Gasteiger partial charge in [0.05, 0.1) is 16.5 Å². The summed E-state index contributed by atoms with van der Waals surface area (Å²) < 4.78 is 16.2. The van der Waals surface area contributed by atoms with Crippen LogP contribution in [0.3, 0.4) is 0 Å². The quantitative estimate of drug-likeness (QED) is 0.522. The Balaban J connectivity index is 2.03. The lowest BCUT2D eigenvalue weighted by atomic mass is 10.2. The molecule has 1 amide bonds. The Bertz CT molecular complexity index is 974. The average Bonchev–Trinajstić information content (AvgIpc) is 3.11. The molecule has 8 heteroatoms. The average molecular weight is 419 g/mol. The SMILES string of the molecule is CCN(CC)C(=O)CSc1nnc(-c2ccccc2Cl)n1-c1ccccc1F. The first kappa shape index (κ1) is 20.4. The van der Waals surface area contributed by atoms with E-state index in [1.165, 1.54) is 17.8 Å². The molecule has 3 aromatic rings. The van der Waals surface area contributed by atoms with E-state index in [0.717, 1.165) is 0 Å². The van der Waals surface area contributed by atoms with Gasteiger partial charge in [0.25, 0.3) is 0 Å². The summed E-state index contributed by atoms with van der Waals surface area (Å²) in [4.78, 5) is 14.1. The number of amides is 1. The van der Waals surface area contributed by atoms with Crippen molar-refractivity contribution >= 4 is 29.3 Å². The number of benzene rings is 2. The zero-order valence-electron chi connectivity index (χ0n) is 15.6. The molecule has 1 aromatic heterocycles. The number of thioether (sulfide) groups is 1. The molecule has 0 bridgehead atoms. The van der Waals surface area contributed by atoms with E-state index in [-0.39, 0.29) is 11.7 Å². The summed E-state index contributed by atoms with van der Waals surface area (Å²) in [6, 6.07) is 13.6. The third kappa shape index (κ3) is 4.20. The monoisotopic (exact) mass is 418 g/mol. The fourth-order valence-electron chi connectivity index (χ4n) is 2.82. The number of para-hydroxylation sites is 1. The van der Waals surface area contributed by atoms with Crippen molar-refractivity contribution in [1.82, 2.24) is 19.7 Å². The smallest absolute Gasteiger partial charge is 0.233 e. The van der Waals surface area contributed by atoms with E-state index in [2.05, 4.69) is 10.2 Å². The maximum Gasteiger partial charge on any atom is 0.233 e. The molecule has 0 spiro atoms. The molecule has 3 rings (SSSR count). The van der Waals surface area contributed by atoms with E-state index < -0.39 is 5.82 Å². The van der Waals surface area contributed by atoms with E-state index in [0.29, 0.717) is 40.3 Å². The molecule has 0 fully saturated rings. The number of aromatic nitrogens is 3. The van der Waals surface area contributed by atoms with Crippen LogP contribution in [0.15, 0.2) is 53.7 Å². The van der Waals surface area contributed by atoms with Crippen molar-refractivity contribution in [2.75, 3.05) is 18.8 Å². The number of carbonyl (C=O) groups excluding carboxylic acids is 1. The maximum atomic E-state index is 14.6. The van der Waals surface area contributed by atoms with Gasteiger partial charge in [-0.05, 0) is 38.1 Å². The van der Waals surface area contributed by atoms with Gasteiger partial charge in [0.2, 0.25) is 5.91 Å². The number of nitrogens with zero attached hydrogens (tertiary/aromatic N) is 4. The molecule has 0 aliphatic heterocycles. The lowest BCUT2D eigenvalue weighted by Crippen LogP contribution is -2.31. The van der Waals surface area contributed by atoms with Crippen molar-refractivity contribution in [2.45, 2.75) is 19.0 Å². The molecule has 0 unspecified atom stereocenters. The highest BCUT2D eigenvalue weighted by Gasteiger charge is 2.21. The molecule has 0 N–H and O–H groups in total. The van der Waals surface area contributed by atoms with Gasteiger partial charge in [0, 0.05) is 18.7 Å². The van der Waals surface area contributed by atoms with Gasteiger partial charge < -0.3 is 4.90 Å². The molecule has 28 heavy (non-hydrogen) atoms. The minimum Gasteiger partial charge on any atom is -0.343 e. The van der Waals surface area contributed by atoms with Gasteiger partial charge in [0.1, 0.15) is 5.82 Å². The summed E-state index contributed by atoms with van der Waals surface area (Å²) in [5.41, 5.74) is 0.946. The predicted octanol–water partition coefficient (Wildman–Crippen LogP) is 4.69. The van der Waals surface area contributed by atoms with Crippen LogP contribution in [0.1, 0.15) is 13.8 Å². The summed E-state index contributed by atoms with van der Waals surface area (Å²) >= 11 is 7.56. The number of halogens is 2. The molecule has 0 atom stereocenters. The largest absolute Gasteiger partial charge is 0.343 e. The molecule has 1 heterocycles. The number of rotatable bonds is 7. The molecule has 0 radical (unpaired) electrons. The third-order valence-corrected chi connectivity index (χ3v) is 5.53. The first-order valence-electron chi connectivity index (χ1n) is 8.92. The first-order valence-corrected chi connectivity index (χ1v) is 10.3. The molecule has 2 aromatic carbocycles. The van der Waals surface area contributed by atoms with Gasteiger partial charge in [-0.15, -0.1) is 10.2 Å². The molecule has 146 valence electrons. The standard InChI is InChI=1S/C20H20ClFN4OS/c1-3-25(4-2)18(27)13-28-20-24-23-19(14-9-5-6-10-15(14)21)26(20)17-12-8-7-11-16(17)22/h5-12H,3-4,13H2,1-2H3. The van der Waals surface area contributed by atoms with Crippen molar-refractivity contribution < 1.29 is 9.18 Å². The van der Waals surface area contributed by atoms with Gasteiger partial charge in [-0.25, -0.2) is 4.39 Å². The van der Waals surface area contributed by atoms with Crippen molar-refractivity contribution in [2.24, 2.45) is 0 Å². The van der Waals surface area contributed by atoms with Gasteiger partial charge in [-0.2, -0.15) is 0 Å². The summed E-state index contributed by atoms with van der Waals surface area (Å²) in [6.07, 6.45) is 0. The van der Waals surface area contributed by atoms with Crippen molar-refractivity contribution in [1.29, 1.82) is 0 Å². The number of hydrogen-bond acceptors (Lipinski definition) is 4. The lowest BCUT2D eigenvalue weighted by Gasteiger charge is -2.18. The zero-order chi connectivity index (χ0) is 20.1.